The van der Waals surface area contributed by atoms with Crippen LogP contribution < -0.4 is 20.7 Å². The predicted molar refractivity (Wildman–Crippen MR) is 149 cm³/mol. The number of nitrogens with one attached hydrogen (secondary N) is 1. The van der Waals surface area contributed by atoms with E-state index in [2.05, 4.69) is 4.98 Å². The van der Waals surface area contributed by atoms with E-state index in [1.165, 1.54) is 0 Å². The zero-order chi connectivity index (χ0) is 29.0. The molecule has 0 spiro atoms. The largest absolute Gasteiger partial charge is 0.497 e. The van der Waals surface area contributed by atoms with Crippen molar-refractivity contribution in [1.29, 1.82) is 5.26 Å². The molecule has 0 saturated carbocycles. The maximum atomic E-state index is 12.5. The van der Waals surface area contributed by atoms with Crippen molar-refractivity contribution in [3.8, 4) is 17.6 Å². The molecular weight excluding hydrogens is 526 g/mol. The minimum absolute atomic E-state index is 0.0478. The van der Waals surface area contributed by atoms with Crippen LogP contribution in [0, 0.1) is 11.3 Å². The number of aliphatic hydroxyl groups excluding tert-OH is 1. The molecule has 4 aromatic rings. The van der Waals surface area contributed by atoms with Crippen LogP contribution >= 0.6 is 0 Å². The quantitative estimate of drug-likeness (QED) is 0.301. The Kier molecular flexibility index (Phi) is 8.03. The van der Waals surface area contributed by atoms with Crippen LogP contribution in [0.5, 0.6) is 11.5 Å². The molecule has 1 aromatic heterocycles. The molecule has 0 amide bonds. The van der Waals surface area contributed by atoms with E-state index in [1.54, 1.807) is 20.3 Å². The Labute approximate surface area is 235 Å². The third-order valence-corrected chi connectivity index (χ3v) is 7.24. The molecule has 10 heteroatoms. The Morgan fingerprint density at radius 1 is 0.951 bits per heavy atom. The van der Waals surface area contributed by atoms with E-state index < -0.39 is 35.3 Å². The van der Waals surface area contributed by atoms with Crippen LogP contribution in [0.25, 0.3) is 0 Å². The van der Waals surface area contributed by atoms with Gasteiger partial charge in [-0.2, -0.15) is 5.26 Å². The number of aromatic amines is 1. The summed E-state index contributed by atoms with van der Waals surface area (Å²) in [7, 11) is 3.20. The number of rotatable bonds is 9. The number of H-pyrrole nitrogens is 1. The second-order valence-corrected chi connectivity index (χ2v) is 9.57. The fourth-order valence-electron chi connectivity index (χ4n) is 5.10. The zero-order valence-corrected chi connectivity index (χ0v) is 22.5. The fraction of sp³-hybridized carbons (Fsp3) is 0.258. The molecule has 3 aromatic carbocycles. The van der Waals surface area contributed by atoms with Gasteiger partial charge in [0.15, 0.2) is 0 Å². The van der Waals surface area contributed by atoms with Gasteiger partial charge in [-0.15, -0.1) is 0 Å². The van der Waals surface area contributed by atoms with Crippen LogP contribution in [-0.4, -0.2) is 47.7 Å². The number of nitrogens with zero attached hydrogens (tertiary/aromatic N) is 2. The van der Waals surface area contributed by atoms with E-state index in [-0.39, 0.29) is 18.6 Å². The lowest BCUT2D eigenvalue weighted by Crippen LogP contribution is -2.38. The molecular formula is C31H29N3O7. The Morgan fingerprint density at radius 3 is 2.05 bits per heavy atom. The SMILES string of the molecule is COc1ccc(C(OC[C@H]2O[C@@H](n3cc(C#N)c(=O)[nH]c3=O)C[C@@H]2O)(c2ccccc2)c2ccc(OC)cc2)cc1. The van der Waals surface area contributed by atoms with Crippen molar-refractivity contribution in [3.63, 3.8) is 0 Å². The van der Waals surface area contributed by atoms with Crippen molar-refractivity contribution in [1.82, 2.24) is 9.55 Å². The van der Waals surface area contributed by atoms with Crippen molar-refractivity contribution < 1.29 is 24.1 Å². The lowest BCUT2D eigenvalue weighted by molar-refractivity contribution is -0.0944. The number of methoxy groups -OCH3 is 2. The summed E-state index contributed by atoms with van der Waals surface area (Å²) in [6.07, 6.45) is -1.49. The summed E-state index contributed by atoms with van der Waals surface area (Å²) in [6.45, 7) is -0.0478. The van der Waals surface area contributed by atoms with Gasteiger partial charge in [-0.05, 0) is 41.0 Å². The number of aromatic nitrogens is 2. The highest BCUT2D eigenvalue weighted by Crippen LogP contribution is 2.42. The molecule has 1 aliphatic rings. The van der Waals surface area contributed by atoms with Gasteiger partial charge in [-0.3, -0.25) is 14.3 Å². The Bertz CT molecular complexity index is 1590. The smallest absolute Gasteiger partial charge is 0.330 e. The number of hydrogen-bond donors (Lipinski definition) is 2. The third-order valence-electron chi connectivity index (χ3n) is 7.24. The van der Waals surface area contributed by atoms with Crippen LogP contribution in [0.15, 0.2) is 94.6 Å². The lowest BCUT2D eigenvalue weighted by atomic mass is 9.80. The summed E-state index contributed by atoms with van der Waals surface area (Å²) in [5, 5.41) is 20.2. The molecule has 0 bridgehead atoms. The van der Waals surface area contributed by atoms with Crippen molar-refractivity contribution in [2.45, 2.75) is 30.5 Å². The summed E-state index contributed by atoms with van der Waals surface area (Å²) < 4.78 is 24.8. The number of ether oxygens (including phenoxy) is 4. The Balaban J connectivity index is 1.54. The number of nitriles is 1. The average Bonchev–Trinajstić information content (AvgIpc) is 3.38. The molecule has 0 aliphatic carbocycles. The van der Waals surface area contributed by atoms with Crippen LogP contribution in [-0.2, 0) is 15.1 Å². The molecule has 1 fully saturated rings. The van der Waals surface area contributed by atoms with Gasteiger partial charge in [0.1, 0.15) is 41.1 Å². The van der Waals surface area contributed by atoms with Crippen molar-refractivity contribution in [3.05, 3.63) is 128 Å². The normalized spacial score (nSPS) is 18.5. The first kappa shape index (κ1) is 27.9. The fourth-order valence-corrected chi connectivity index (χ4v) is 5.10. The molecule has 210 valence electrons. The van der Waals surface area contributed by atoms with E-state index >= 15 is 0 Å². The average molecular weight is 556 g/mol. The Morgan fingerprint density at radius 2 is 1.51 bits per heavy atom. The highest BCUT2D eigenvalue weighted by molar-refractivity contribution is 5.49. The van der Waals surface area contributed by atoms with Crippen LogP contribution in [0.3, 0.4) is 0 Å². The van der Waals surface area contributed by atoms with Crippen molar-refractivity contribution in [2.24, 2.45) is 0 Å². The highest BCUT2D eigenvalue weighted by Gasteiger charge is 2.42. The van der Waals surface area contributed by atoms with Crippen LogP contribution in [0.1, 0.15) is 34.9 Å². The van der Waals surface area contributed by atoms with Gasteiger partial charge in [0.05, 0.1) is 26.9 Å². The zero-order valence-electron chi connectivity index (χ0n) is 22.5. The molecule has 1 aliphatic heterocycles. The van der Waals surface area contributed by atoms with Crippen molar-refractivity contribution in [2.75, 3.05) is 20.8 Å². The molecule has 3 atom stereocenters. The predicted octanol–water partition coefficient (Wildman–Crippen LogP) is 3.08. The summed E-state index contributed by atoms with van der Waals surface area (Å²) >= 11 is 0. The van der Waals surface area contributed by atoms with Gasteiger partial charge in [0, 0.05) is 12.6 Å². The molecule has 0 radical (unpaired) electrons. The summed E-state index contributed by atoms with van der Waals surface area (Å²) in [6, 6.07) is 26.6. The topological polar surface area (TPSA) is 136 Å². The van der Waals surface area contributed by atoms with Gasteiger partial charge in [0.25, 0.3) is 5.56 Å². The number of benzene rings is 3. The first-order valence-corrected chi connectivity index (χ1v) is 13.0. The molecule has 41 heavy (non-hydrogen) atoms. The van der Waals surface area contributed by atoms with E-state index in [1.807, 2.05) is 78.9 Å². The number of hydrogen-bond acceptors (Lipinski definition) is 8. The summed E-state index contributed by atoms with van der Waals surface area (Å²) in [5.41, 5.74) is -0.395. The van der Waals surface area contributed by atoms with Gasteiger partial charge in [0.2, 0.25) is 0 Å². The summed E-state index contributed by atoms with van der Waals surface area (Å²) in [4.78, 5) is 26.4. The molecule has 1 saturated heterocycles. The van der Waals surface area contributed by atoms with Crippen molar-refractivity contribution >= 4 is 0 Å². The first-order chi connectivity index (χ1) is 19.9. The minimum Gasteiger partial charge on any atom is -0.497 e. The van der Waals surface area contributed by atoms with E-state index in [9.17, 15) is 20.0 Å². The lowest BCUT2D eigenvalue weighted by Gasteiger charge is -2.37. The number of aliphatic hydroxyl groups is 1. The molecule has 2 N–H and O–H groups in total. The minimum atomic E-state index is -1.12. The summed E-state index contributed by atoms with van der Waals surface area (Å²) in [5.74, 6) is 1.37. The first-order valence-electron chi connectivity index (χ1n) is 13.0. The van der Waals surface area contributed by atoms with E-state index in [0.29, 0.717) is 11.5 Å². The van der Waals surface area contributed by atoms with Gasteiger partial charge in [-0.1, -0.05) is 54.6 Å². The van der Waals surface area contributed by atoms with Gasteiger partial charge < -0.3 is 24.1 Å². The van der Waals surface area contributed by atoms with Gasteiger partial charge >= 0.3 is 5.69 Å². The Hall–Kier alpha value is -4.69. The molecule has 10 nitrogen and oxygen atoms in total. The maximum absolute atomic E-state index is 12.5. The second kappa shape index (κ2) is 11.8. The maximum Gasteiger partial charge on any atom is 0.330 e. The van der Waals surface area contributed by atoms with Crippen LogP contribution in [0.4, 0.5) is 0 Å². The van der Waals surface area contributed by atoms with E-state index in [0.717, 1.165) is 27.5 Å². The third kappa shape index (κ3) is 5.38. The van der Waals surface area contributed by atoms with E-state index in [4.69, 9.17) is 18.9 Å². The second-order valence-electron chi connectivity index (χ2n) is 9.57. The monoisotopic (exact) mass is 555 g/mol. The van der Waals surface area contributed by atoms with Crippen LogP contribution in [0.2, 0.25) is 0 Å². The molecule has 5 rings (SSSR count). The highest BCUT2D eigenvalue weighted by atomic mass is 16.6. The van der Waals surface area contributed by atoms with Gasteiger partial charge in [-0.25, -0.2) is 4.79 Å². The molecule has 2 heterocycles. The molecule has 0 unspecified atom stereocenters. The standard InChI is InChI=1S/C31H29N3O7/c1-38-24-12-8-22(9-13-24)31(21-6-4-3-5-7-21,23-10-14-25(39-2)15-11-23)40-19-27-26(35)16-28(41-27)34-18-20(17-32)29(36)33-30(34)37/h3-15,18,26-28,35H,16,19H2,1-2H3,(H,33,36,37)/t26-,27+,28+/m0/s1.